The number of carboxylic acid groups (broad SMARTS) is 1. The number of carboxylic acids is 1. The molecule has 0 spiro atoms. The lowest BCUT2D eigenvalue weighted by molar-refractivity contribution is -0.155. The molecule has 0 fully saturated rings. The van der Waals surface area contributed by atoms with Gasteiger partial charge in [-0.05, 0) is 50.3 Å². The number of fused-ring (bicyclic) bond motifs is 1. The Kier molecular flexibility index (Phi) is 4.82. The predicted octanol–water partition coefficient (Wildman–Crippen LogP) is 1.49. The molecule has 3 N–H and O–H groups in total. The highest BCUT2D eigenvalue weighted by atomic mass is 16.4. The van der Waals surface area contributed by atoms with Crippen molar-refractivity contribution in [2.75, 3.05) is 6.54 Å². The van der Waals surface area contributed by atoms with Crippen molar-refractivity contribution in [2.24, 2.45) is 0 Å². The molecule has 138 valence electrons. The van der Waals surface area contributed by atoms with Crippen LogP contribution in [0.1, 0.15) is 47.6 Å². The van der Waals surface area contributed by atoms with Crippen molar-refractivity contribution in [1.29, 1.82) is 0 Å². The van der Waals surface area contributed by atoms with Crippen molar-refractivity contribution < 1.29 is 19.8 Å². The Balaban J connectivity index is 1.87. The molecule has 0 aliphatic heterocycles. The van der Waals surface area contributed by atoms with Gasteiger partial charge >= 0.3 is 5.97 Å². The molecule has 1 unspecified atom stereocenters. The SMILES string of the molecule is CCc1ccc(-n2nc(C(=O)NCC(C)(O)C(=O)O)c3c2CCC3)cc1. The Morgan fingerprint density at radius 2 is 1.96 bits per heavy atom. The minimum Gasteiger partial charge on any atom is -0.479 e. The van der Waals surface area contributed by atoms with Crippen LogP contribution in [-0.2, 0) is 24.1 Å². The van der Waals surface area contributed by atoms with Gasteiger partial charge in [0, 0.05) is 11.3 Å². The average molecular weight is 357 g/mol. The summed E-state index contributed by atoms with van der Waals surface area (Å²) in [5.74, 6) is -1.85. The second-order valence-corrected chi connectivity index (χ2v) is 6.82. The number of rotatable bonds is 6. The first-order valence-electron chi connectivity index (χ1n) is 8.77. The van der Waals surface area contributed by atoms with E-state index in [-0.39, 0.29) is 6.54 Å². The van der Waals surface area contributed by atoms with Crippen LogP contribution >= 0.6 is 0 Å². The Morgan fingerprint density at radius 3 is 2.58 bits per heavy atom. The van der Waals surface area contributed by atoms with E-state index in [0.29, 0.717) is 5.69 Å². The first-order valence-corrected chi connectivity index (χ1v) is 8.77. The normalized spacial score (nSPS) is 15.3. The number of nitrogens with one attached hydrogen (secondary N) is 1. The lowest BCUT2D eigenvalue weighted by Gasteiger charge is -2.17. The molecule has 3 rings (SSSR count). The molecule has 1 amide bonds. The summed E-state index contributed by atoms with van der Waals surface area (Å²) in [6.45, 7) is 2.86. The summed E-state index contributed by atoms with van der Waals surface area (Å²) in [7, 11) is 0. The molecule has 1 aliphatic rings. The Bertz CT molecular complexity index is 837. The Labute approximate surface area is 151 Å². The third-order valence-corrected chi connectivity index (χ3v) is 4.79. The second-order valence-electron chi connectivity index (χ2n) is 6.82. The minimum absolute atomic E-state index is 0.304. The standard InChI is InChI=1S/C19H23N3O4/c1-3-12-7-9-13(10-8-12)22-15-6-4-5-14(15)16(21-22)17(23)20-11-19(2,26)18(24)25/h7-10,26H,3-6,11H2,1-2H3,(H,20,23)(H,24,25). The van der Waals surface area contributed by atoms with Gasteiger partial charge in [-0.2, -0.15) is 5.10 Å². The third kappa shape index (κ3) is 3.35. The molecule has 1 aromatic heterocycles. The summed E-state index contributed by atoms with van der Waals surface area (Å²) >= 11 is 0. The highest BCUT2D eigenvalue weighted by Gasteiger charge is 2.32. The Morgan fingerprint density at radius 1 is 1.27 bits per heavy atom. The van der Waals surface area contributed by atoms with Crippen molar-refractivity contribution in [1.82, 2.24) is 15.1 Å². The highest BCUT2D eigenvalue weighted by molar-refractivity contribution is 5.94. The van der Waals surface area contributed by atoms with Gasteiger partial charge in [-0.25, -0.2) is 9.48 Å². The van der Waals surface area contributed by atoms with Gasteiger partial charge in [-0.15, -0.1) is 0 Å². The van der Waals surface area contributed by atoms with Gasteiger partial charge < -0.3 is 15.5 Å². The van der Waals surface area contributed by atoms with E-state index in [9.17, 15) is 14.7 Å². The second kappa shape index (κ2) is 6.92. The van der Waals surface area contributed by atoms with Gasteiger partial charge in [0.15, 0.2) is 11.3 Å². The highest BCUT2D eigenvalue weighted by Crippen LogP contribution is 2.28. The number of benzene rings is 1. The van der Waals surface area contributed by atoms with E-state index in [0.717, 1.165) is 49.6 Å². The topological polar surface area (TPSA) is 104 Å². The summed E-state index contributed by atoms with van der Waals surface area (Å²) < 4.78 is 1.80. The Hall–Kier alpha value is -2.67. The molecule has 0 saturated heterocycles. The quantitative estimate of drug-likeness (QED) is 0.726. The zero-order valence-corrected chi connectivity index (χ0v) is 15.0. The molecule has 7 heteroatoms. The fourth-order valence-electron chi connectivity index (χ4n) is 3.12. The smallest absolute Gasteiger partial charge is 0.337 e. The maximum Gasteiger partial charge on any atom is 0.337 e. The van der Waals surface area contributed by atoms with Crippen LogP contribution in [0.3, 0.4) is 0 Å². The van der Waals surface area contributed by atoms with E-state index in [2.05, 4.69) is 17.3 Å². The molecule has 1 heterocycles. The van der Waals surface area contributed by atoms with Gasteiger partial charge in [-0.3, -0.25) is 4.79 Å². The van der Waals surface area contributed by atoms with Gasteiger partial charge in [-0.1, -0.05) is 19.1 Å². The fourth-order valence-corrected chi connectivity index (χ4v) is 3.12. The minimum atomic E-state index is -2.02. The fraction of sp³-hybridized carbons (Fsp3) is 0.421. The number of carbonyl (C=O) groups excluding carboxylic acids is 1. The molecule has 7 nitrogen and oxygen atoms in total. The molecule has 1 atom stereocenters. The van der Waals surface area contributed by atoms with Crippen molar-refractivity contribution in [3.05, 3.63) is 46.8 Å². The van der Waals surface area contributed by atoms with Crippen molar-refractivity contribution in [2.45, 2.75) is 45.1 Å². The van der Waals surface area contributed by atoms with Crippen LogP contribution in [0.5, 0.6) is 0 Å². The largest absolute Gasteiger partial charge is 0.479 e. The summed E-state index contributed by atoms with van der Waals surface area (Å²) in [5, 5.41) is 25.7. The molecular weight excluding hydrogens is 334 g/mol. The van der Waals surface area contributed by atoms with E-state index in [4.69, 9.17) is 5.11 Å². The number of aliphatic carboxylic acids is 1. The molecule has 26 heavy (non-hydrogen) atoms. The number of aryl methyl sites for hydroxylation is 1. The third-order valence-electron chi connectivity index (χ3n) is 4.79. The van der Waals surface area contributed by atoms with Crippen LogP contribution < -0.4 is 5.32 Å². The zero-order chi connectivity index (χ0) is 18.9. The molecule has 0 saturated carbocycles. The van der Waals surface area contributed by atoms with Crippen LogP contribution in [0.15, 0.2) is 24.3 Å². The van der Waals surface area contributed by atoms with Crippen molar-refractivity contribution >= 4 is 11.9 Å². The van der Waals surface area contributed by atoms with E-state index in [1.54, 1.807) is 4.68 Å². The number of amides is 1. The van der Waals surface area contributed by atoms with Gasteiger partial charge in [0.2, 0.25) is 0 Å². The molecule has 2 aromatic rings. The molecule has 1 aliphatic carbocycles. The lowest BCUT2D eigenvalue weighted by atomic mass is 10.1. The van der Waals surface area contributed by atoms with Crippen LogP contribution in [0.2, 0.25) is 0 Å². The summed E-state index contributed by atoms with van der Waals surface area (Å²) in [5.41, 5.74) is 2.33. The molecular formula is C19H23N3O4. The molecule has 0 radical (unpaired) electrons. The summed E-state index contributed by atoms with van der Waals surface area (Å²) in [4.78, 5) is 23.5. The van der Waals surface area contributed by atoms with E-state index in [1.807, 2.05) is 24.3 Å². The molecule has 1 aromatic carbocycles. The average Bonchev–Trinajstić information content (AvgIpc) is 3.22. The van der Waals surface area contributed by atoms with Crippen LogP contribution in [0.25, 0.3) is 5.69 Å². The number of hydrogen-bond donors (Lipinski definition) is 3. The van der Waals surface area contributed by atoms with Crippen LogP contribution in [0.4, 0.5) is 0 Å². The van der Waals surface area contributed by atoms with Crippen molar-refractivity contribution in [3.8, 4) is 5.69 Å². The first-order chi connectivity index (χ1) is 12.3. The maximum absolute atomic E-state index is 12.5. The predicted molar refractivity (Wildman–Crippen MR) is 95.6 cm³/mol. The van der Waals surface area contributed by atoms with Gasteiger partial charge in [0.25, 0.3) is 5.91 Å². The zero-order valence-electron chi connectivity index (χ0n) is 15.0. The first kappa shape index (κ1) is 18.1. The van der Waals surface area contributed by atoms with E-state index >= 15 is 0 Å². The van der Waals surface area contributed by atoms with Gasteiger partial charge in [0.1, 0.15) is 0 Å². The van der Waals surface area contributed by atoms with Crippen LogP contribution in [0, 0.1) is 0 Å². The monoisotopic (exact) mass is 357 g/mol. The van der Waals surface area contributed by atoms with Gasteiger partial charge in [0.05, 0.1) is 12.2 Å². The van der Waals surface area contributed by atoms with Crippen molar-refractivity contribution in [3.63, 3.8) is 0 Å². The lowest BCUT2D eigenvalue weighted by Crippen LogP contribution is -2.46. The number of aliphatic hydroxyl groups is 1. The van der Waals surface area contributed by atoms with E-state index in [1.165, 1.54) is 5.56 Å². The van der Waals surface area contributed by atoms with E-state index < -0.39 is 17.5 Å². The number of hydrogen-bond acceptors (Lipinski definition) is 4. The number of carbonyl (C=O) groups is 2. The number of aromatic nitrogens is 2. The maximum atomic E-state index is 12.5. The van der Waals surface area contributed by atoms with Crippen LogP contribution in [-0.4, -0.2) is 44.0 Å². The summed E-state index contributed by atoms with van der Waals surface area (Å²) in [6.07, 6.45) is 3.51. The summed E-state index contributed by atoms with van der Waals surface area (Å²) in [6, 6.07) is 8.06. The number of nitrogens with zero attached hydrogens (tertiary/aromatic N) is 2. The molecule has 0 bridgehead atoms.